The molecule has 1 saturated heterocycles. The minimum atomic E-state index is -1.50. The van der Waals surface area contributed by atoms with E-state index in [-0.39, 0.29) is 154 Å². The Bertz CT molecular complexity index is 3870. The standard InChI is InChI=1S/C77H119N25O14/c1-45(2)39-58(68(109)96-55(27-15-33-89-75(82)83)66(107)95-54(26-14-32-88-74(80)81)65(106)92-46(3)64(105)98-57(29-17-35-91-77(86)87)73(114)102-36-18-30-62(102)72(113)94-53(63(79)104)25-8-9-31-78)99-67(108)56(28-16-34-90-76(84)85)97-70(111)60(42-48-19-6-5-7-20-48)100-71(112)61-44-50-22-13-24-52(41-50)116-38-11-10-37-115-51-23-12-21-49(40-51)43-59(69(110)101-61)93-47(4)103/h5-7,10-13,19-24,40-41,45-46,53-62H,8-9,14-18,25-39,42-44,78H2,1-4H3,(H2,79,104)(H,92,106)(H,93,103)(H,94,113)(H,95,107)(H,96,109)(H,97,111)(H,98,105)(H,99,108)(H,100,112)(H,101,110)(H4,80,81,88)(H4,82,83,89)(H4,84,85,90)(H4,86,87,91)/b11-10+/t46-,53+,54+,55+,56+,57+,58+,59+,60+,61+,62+/m1/s1. The fourth-order valence-corrected chi connectivity index (χ4v) is 12.9. The number of amides is 12. The van der Waals surface area contributed by atoms with E-state index in [0.29, 0.717) is 54.0 Å². The maximum atomic E-state index is 15.2. The Hall–Kier alpha value is -12.3. The van der Waals surface area contributed by atoms with Crippen LogP contribution in [-0.2, 0) is 76.8 Å². The molecule has 0 spiro atoms. The number of primary amides is 1. The van der Waals surface area contributed by atoms with Gasteiger partial charge in [-0.15, -0.1) is 0 Å². The smallest absolute Gasteiger partial charge is 0.245 e. The quantitative estimate of drug-likeness (QED) is 0.0114. The van der Waals surface area contributed by atoms with Crippen LogP contribution in [0.5, 0.6) is 11.5 Å². The first kappa shape index (κ1) is 94.3. The van der Waals surface area contributed by atoms with Gasteiger partial charge < -0.3 is 123 Å². The number of carbonyl (C=O) groups is 12. The molecule has 0 radical (unpaired) electrons. The number of benzene rings is 3. The minimum Gasteiger partial charge on any atom is -0.490 e. The average Bonchev–Trinajstić information content (AvgIpc) is 1.60. The number of hydrogen-bond acceptors (Lipinski definition) is 19. The summed E-state index contributed by atoms with van der Waals surface area (Å²) in [5, 5.41) is 68.8. The number of nitrogens with zero attached hydrogens (tertiary/aromatic N) is 1. The third-order valence-electron chi connectivity index (χ3n) is 18.8. The summed E-state index contributed by atoms with van der Waals surface area (Å²) in [6, 6.07) is 7.60. The number of fused-ring (bicyclic) bond motifs is 4. The molecule has 2 aliphatic rings. The van der Waals surface area contributed by atoms with Gasteiger partial charge in [-0.1, -0.05) is 68.4 Å². The van der Waals surface area contributed by atoms with Crippen molar-refractivity contribution in [2.45, 2.75) is 203 Å². The van der Waals surface area contributed by atoms with Crippen molar-refractivity contribution >= 4 is 94.7 Å². The fourth-order valence-electron chi connectivity index (χ4n) is 12.9. The summed E-state index contributed by atoms with van der Waals surface area (Å²) in [6.45, 7) is 7.15. The van der Waals surface area contributed by atoms with Crippen molar-refractivity contribution < 1.29 is 67.0 Å². The number of nitrogens with one attached hydrogen (secondary N) is 18. The number of likely N-dealkylation sites (tertiary alicyclic amines) is 1. The van der Waals surface area contributed by atoms with Gasteiger partial charge in [0.2, 0.25) is 70.9 Å². The largest absolute Gasteiger partial charge is 0.490 e. The fraction of sp³-hybridized carbons (Fsp3) is 0.532. The number of hydrogen-bond donors (Lipinski definition) is 24. The Morgan fingerprint density at radius 3 is 1.44 bits per heavy atom. The molecule has 2 heterocycles. The second-order valence-electron chi connectivity index (χ2n) is 28.9. The Labute approximate surface area is 675 Å². The van der Waals surface area contributed by atoms with Gasteiger partial charge in [0, 0.05) is 58.9 Å². The zero-order valence-corrected chi connectivity index (χ0v) is 66.4. The zero-order chi connectivity index (χ0) is 85.2. The van der Waals surface area contributed by atoms with E-state index in [1.54, 1.807) is 105 Å². The number of guanidine groups is 4. The van der Waals surface area contributed by atoms with E-state index < -0.39 is 149 Å². The lowest BCUT2D eigenvalue weighted by molar-refractivity contribution is -0.142. The van der Waals surface area contributed by atoms with E-state index in [9.17, 15) is 43.2 Å². The van der Waals surface area contributed by atoms with Crippen molar-refractivity contribution in [2.75, 3.05) is 52.5 Å². The lowest BCUT2D eigenvalue weighted by Crippen LogP contribution is -2.61. The number of ether oxygens (including phenoxy) is 2. The van der Waals surface area contributed by atoms with Gasteiger partial charge in [-0.05, 0) is 162 Å². The summed E-state index contributed by atoms with van der Waals surface area (Å²) < 4.78 is 11.9. The van der Waals surface area contributed by atoms with E-state index in [1.165, 1.54) is 18.7 Å². The molecule has 636 valence electrons. The molecule has 0 saturated carbocycles. The van der Waals surface area contributed by atoms with Crippen molar-refractivity contribution in [3.05, 3.63) is 108 Å². The van der Waals surface area contributed by atoms with Crippen LogP contribution < -0.4 is 118 Å². The normalized spacial score (nSPS) is 17.0. The number of nitrogens with two attached hydrogens (primary N) is 6. The Morgan fingerprint density at radius 2 is 0.957 bits per heavy atom. The summed E-state index contributed by atoms with van der Waals surface area (Å²) in [6.07, 6.45) is 5.01. The molecule has 2 aliphatic heterocycles. The van der Waals surface area contributed by atoms with E-state index in [2.05, 4.69) is 74.4 Å². The Morgan fingerprint density at radius 1 is 0.509 bits per heavy atom. The molecule has 4 bridgehead atoms. The highest BCUT2D eigenvalue weighted by Crippen LogP contribution is 2.23. The van der Waals surface area contributed by atoms with Crippen LogP contribution in [0.3, 0.4) is 0 Å². The third kappa shape index (κ3) is 35.0. The maximum absolute atomic E-state index is 15.2. The molecule has 1 fully saturated rings. The molecule has 11 atom stereocenters. The molecule has 0 aliphatic carbocycles. The van der Waals surface area contributed by atoms with E-state index in [4.69, 9.17) is 65.5 Å². The van der Waals surface area contributed by atoms with Crippen LogP contribution in [-0.4, -0.2) is 219 Å². The zero-order valence-electron chi connectivity index (χ0n) is 66.4. The summed E-state index contributed by atoms with van der Waals surface area (Å²) in [4.78, 5) is 173. The highest BCUT2D eigenvalue weighted by molar-refractivity contribution is 6.00. The molecule has 116 heavy (non-hydrogen) atoms. The van der Waals surface area contributed by atoms with Gasteiger partial charge in [-0.25, -0.2) is 0 Å². The van der Waals surface area contributed by atoms with Crippen molar-refractivity contribution in [3.63, 3.8) is 0 Å². The van der Waals surface area contributed by atoms with Gasteiger partial charge in [0.25, 0.3) is 0 Å². The number of carbonyl (C=O) groups excluding carboxylic acids is 12. The number of rotatable bonds is 43. The third-order valence-corrected chi connectivity index (χ3v) is 18.8. The molecule has 30 N–H and O–H groups in total. The lowest BCUT2D eigenvalue weighted by Gasteiger charge is -2.30. The van der Waals surface area contributed by atoms with Crippen LogP contribution in [0.1, 0.15) is 134 Å². The summed E-state index contributed by atoms with van der Waals surface area (Å²) in [5.41, 5.74) is 35.3. The van der Waals surface area contributed by atoms with Crippen molar-refractivity contribution in [1.29, 1.82) is 21.6 Å². The van der Waals surface area contributed by atoms with Gasteiger partial charge in [0.1, 0.15) is 91.2 Å². The van der Waals surface area contributed by atoms with Crippen molar-refractivity contribution in [3.8, 4) is 11.5 Å². The van der Waals surface area contributed by atoms with Crippen LogP contribution in [0.15, 0.2) is 91.0 Å². The molecule has 39 heteroatoms. The first-order valence-electron chi connectivity index (χ1n) is 39.0. The highest BCUT2D eigenvalue weighted by Gasteiger charge is 2.41. The van der Waals surface area contributed by atoms with Crippen LogP contribution in [0.25, 0.3) is 0 Å². The van der Waals surface area contributed by atoms with Crippen molar-refractivity contribution in [2.24, 2.45) is 40.3 Å². The molecule has 39 nitrogen and oxygen atoms in total. The van der Waals surface area contributed by atoms with Gasteiger partial charge in [0.15, 0.2) is 23.8 Å². The summed E-state index contributed by atoms with van der Waals surface area (Å²) >= 11 is 0. The SMILES string of the molecule is CC(=O)N[C@H]1Cc2cccc(c2)OC/C=C/COc2cccc(c2)C[C@@H](C(=O)N[C@@H](Cc2ccccc2)C(=O)N[C@@H](CCCNC(=N)N)C(=O)N[C@@H](CC(C)C)C(=O)N[C@@H](CCCNC(=N)N)C(=O)N[C@@H](CCCNC(=N)N)C(=O)N[C@H](C)C(=O)N[C@@H](CCCNC(=N)N)C(=O)N2CCC[C@H]2C(=O)N[C@@H](CCCCN)C(N)=O)NC1=O. The summed E-state index contributed by atoms with van der Waals surface area (Å²) in [5.74, 6) is -10.4. The van der Waals surface area contributed by atoms with Gasteiger partial charge in [-0.2, -0.15) is 0 Å². The van der Waals surface area contributed by atoms with Crippen molar-refractivity contribution in [1.82, 2.24) is 79.3 Å². The average molecular weight is 1620 g/mol. The first-order valence-corrected chi connectivity index (χ1v) is 39.0. The summed E-state index contributed by atoms with van der Waals surface area (Å²) in [7, 11) is 0. The molecular weight excluding hydrogens is 1500 g/mol. The van der Waals surface area contributed by atoms with Crippen LogP contribution >= 0.6 is 0 Å². The maximum Gasteiger partial charge on any atom is 0.245 e. The highest BCUT2D eigenvalue weighted by atomic mass is 16.5. The van der Waals surface area contributed by atoms with Crippen LogP contribution in [0.2, 0.25) is 0 Å². The predicted molar refractivity (Wildman–Crippen MR) is 434 cm³/mol. The molecule has 5 rings (SSSR count). The van der Waals surface area contributed by atoms with Gasteiger partial charge in [-0.3, -0.25) is 79.2 Å². The molecule has 0 aromatic heterocycles. The van der Waals surface area contributed by atoms with Gasteiger partial charge >= 0.3 is 0 Å². The number of unbranched alkanes of at least 4 members (excludes halogenated alkanes) is 1. The van der Waals surface area contributed by atoms with Crippen LogP contribution in [0, 0.1) is 27.6 Å². The monoisotopic (exact) mass is 1620 g/mol. The van der Waals surface area contributed by atoms with E-state index in [1.807, 2.05) is 0 Å². The van der Waals surface area contributed by atoms with Crippen LogP contribution in [0.4, 0.5) is 0 Å². The Kier molecular flexibility index (Phi) is 40.7. The second kappa shape index (κ2) is 50.0. The minimum absolute atomic E-state index is 0.0141. The van der Waals surface area contributed by atoms with Gasteiger partial charge in [0.05, 0.1) is 0 Å². The molecule has 3 aromatic carbocycles. The van der Waals surface area contributed by atoms with E-state index >= 15 is 14.4 Å². The van der Waals surface area contributed by atoms with E-state index in [0.717, 1.165) is 0 Å². The molecule has 12 amide bonds. The lowest BCUT2D eigenvalue weighted by atomic mass is 9.99. The molecule has 3 aromatic rings. The first-order chi connectivity index (χ1) is 55.3. The predicted octanol–water partition coefficient (Wildman–Crippen LogP) is -3.37. The second-order valence-corrected chi connectivity index (χ2v) is 28.9. The molecule has 0 unspecified atom stereocenters. The topological polar surface area (TPSA) is 646 Å². The molecular formula is C77H119N25O14. The Balaban J connectivity index is 1.44.